The van der Waals surface area contributed by atoms with Crippen molar-refractivity contribution in [1.82, 2.24) is 19.5 Å². The Kier molecular flexibility index (Phi) is 3.94. The molecule has 0 saturated carbocycles. The largest absolute Gasteiger partial charge is 0.396 e. The fourth-order valence-corrected chi connectivity index (χ4v) is 4.26. The van der Waals surface area contributed by atoms with Gasteiger partial charge in [0.25, 0.3) is 0 Å². The Balaban J connectivity index is 1.52. The van der Waals surface area contributed by atoms with E-state index in [1.807, 2.05) is 36.7 Å². The molecule has 2 aromatic heterocycles. The average Bonchev–Trinajstić information content (AvgIpc) is 3.30. The van der Waals surface area contributed by atoms with Gasteiger partial charge in [0.15, 0.2) is 5.65 Å². The summed E-state index contributed by atoms with van der Waals surface area (Å²) in [6.07, 6.45) is 4.43. The summed E-state index contributed by atoms with van der Waals surface area (Å²) < 4.78 is 2.12. The van der Waals surface area contributed by atoms with E-state index in [-0.39, 0.29) is 12.5 Å². The normalized spacial score (nSPS) is 18.7. The summed E-state index contributed by atoms with van der Waals surface area (Å²) in [4.78, 5) is 13.6. The minimum absolute atomic E-state index is 0.193. The summed E-state index contributed by atoms with van der Waals surface area (Å²) in [7, 11) is 0. The van der Waals surface area contributed by atoms with E-state index >= 15 is 0 Å². The second-order valence-electron chi connectivity index (χ2n) is 7.10. The van der Waals surface area contributed by atoms with Gasteiger partial charge < -0.3 is 9.67 Å². The molecule has 134 valence electrons. The molecular formula is C22H20N4O. The maximum Gasteiger partial charge on any atom is 0.163 e. The first kappa shape index (κ1) is 16.1. The number of imidazole rings is 1. The number of aromatic nitrogens is 4. The van der Waals surface area contributed by atoms with Crippen LogP contribution in [0.1, 0.15) is 29.4 Å². The monoisotopic (exact) mass is 356 g/mol. The molecule has 1 aliphatic rings. The Hall–Kier alpha value is -3.05. The van der Waals surface area contributed by atoms with Gasteiger partial charge in [0.2, 0.25) is 0 Å². The van der Waals surface area contributed by atoms with Crippen molar-refractivity contribution in [3.63, 3.8) is 0 Å². The number of hydrogen-bond acceptors (Lipinski definition) is 4. The maximum absolute atomic E-state index is 9.75. The third-order valence-corrected chi connectivity index (χ3v) is 5.53. The zero-order valence-corrected chi connectivity index (χ0v) is 14.9. The van der Waals surface area contributed by atoms with Crippen LogP contribution < -0.4 is 0 Å². The Labute approximate surface area is 157 Å². The molecular weight excluding hydrogens is 336 g/mol. The minimum atomic E-state index is 0.193. The number of aliphatic hydroxyl groups is 1. The smallest absolute Gasteiger partial charge is 0.163 e. The lowest BCUT2D eigenvalue weighted by Gasteiger charge is -2.13. The highest BCUT2D eigenvalue weighted by molar-refractivity contribution is 5.86. The molecule has 5 nitrogen and oxygen atoms in total. The summed E-state index contributed by atoms with van der Waals surface area (Å²) in [5.74, 6) is 0.571. The standard InChI is InChI=1S/C22H20N4O/c27-12-17-10-16(18-8-4-5-9-19(17)18)11-26-14-25-21-20(23-13-24-22(21)26)15-6-2-1-3-7-15/h1-9,13-14,16-17,27H,10-12H2/t16-,17+/m1/s1. The molecule has 2 heterocycles. The van der Waals surface area contributed by atoms with E-state index in [9.17, 15) is 5.11 Å². The highest BCUT2D eigenvalue weighted by Gasteiger charge is 2.30. The van der Waals surface area contributed by atoms with Crippen LogP contribution in [-0.2, 0) is 6.54 Å². The van der Waals surface area contributed by atoms with E-state index in [4.69, 9.17) is 0 Å². The van der Waals surface area contributed by atoms with Crippen LogP contribution in [0.15, 0.2) is 67.3 Å². The van der Waals surface area contributed by atoms with E-state index in [1.165, 1.54) is 11.1 Å². The first-order chi connectivity index (χ1) is 13.3. The lowest BCUT2D eigenvalue weighted by atomic mass is 10.0. The molecule has 0 radical (unpaired) electrons. The van der Waals surface area contributed by atoms with Crippen molar-refractivity contribution in [1.29, 1.82) is 0 Å². The van der Waals surface area contributed by atoms with E-state index in [0.29, 0.717) is 5.92 Å². The van der Waals surface area contributed by atoms with Crippen molar-refractivity contribution in [3.8, 4) is 11.3 Å². The Morgan fingerprint density at radius 3 is 2.41 bits per heavy atom. The summed E-state index contributed by atoms with van der Waals surface area (Å²) in [6, 6.07) is 18.5. The third kappa shape index (κ3) is 2.71. The van der Waals surface area contributed by atoms with Gasteiger partial charge in [-0.3, -0.25) is 0 Å². The van der Waals surface area contributed by atoms with Crippen molar-refractivity contribution < 1.29 is 5.11 Å². The van der Waals surface area contributed by atoms with Gasteiger partial charge in [-0.2, -0.15) is 0 Å². The highest BCUT2D eigenvalue weighted by atomic mass is 16.3. The summed E-state index contributed by atoms with van der Waals surface area (Å²) >= 11 is 0. The molecule has 0 saturated heterocycles. The van der Waals surface area contributed by atoms with Gasteiger partial charge in [-0.05, 0) is 17.5 Å². The number of hydrogen-bond donors (Lipinski definition) is 1. The molecule has 4 aromatic rings. The Morgan fingerprint density at radius 1 is 0.889 bits per heavy atom. The minimum Gasteiger partial charge on any atom is -0.396 e. The molecule has 0 spiro atoms. The number of nitrogens with zero attached hydrogens (tertiary/aromatic N) is 4. The van der Waals surface area contributed by atoms with Gasteiger partial charge in [0.05, 0.1) is 6.33 Å². The molecule has 2 aromatic carbocycles. The summed E-state index contributed by atoms with van der Waals surface area (Å²) in [5.41, 5.74) is 6.19. The molecule has 0 unspecified atom stereocenters. The third-order valence-electron chi connectivity index (χ3n) is 5.53. The van der Waals surface area contributed by atoms with Crippen molar-refractivity contribution >= 4 is 11.2 Å². The zero-order chi connectivity index (χ0) is 18.2. The predicted octanol–water partition coefficient (Wildman–Crippen LogP) is 3.76. The Morgan fingerprint density at radius 2 is 1.63 bits per heavy atom. The number of rotatable bonds is 4. The van der Waals surface area contributed by atoms with Crippen molar-refractivity contribution in [2.45, 2.75) is 24.8 Å². The van der Waals surface area contributed by atoms with Crippen molar-refractivity contribution in [2.24, 2.45) is 0 Å². The molecule has 27 heavy (non-hydrogen) atoms. The number of benzene rings is 2. The fourth-order valence-electron chi connectivity index (χ4n) is 4.26. The van der Waals surface area contributed by atoms with Gasteiger partial charge in [-0.1, -0.05) is 54.6 Å². The molecule has 5 rings (SSSR count). The predicted molar refractivity (Wildman–Crippen MR) is 104 cm³/mol. The van der Waals surface area contributed by atoms with Gasteiger partial charge in [-0.25, -0.2) is 15.0 Å². The van der Waals surface area contributed by atoms with Crippen LogP contribution >= 0.6 is 0 Å². The van der Waals surface area contributed by atoms with Crippen molar-refractivity contribution in [3.05, 3.63) is 78.4 Å². The molecule has 1 N–H and O–H groups in total. The number of fused-ring (bicyclic) bond motifs is 2. The van der Waals surface area contributed by atoms with Crippen LogP contribution in [-0.4, -0.2) is 31.2 Å². The topological polar surface area (TPSA) is 63.8 Å². The summed E-state index contributed by atoms with van der Waals surface area (Å²) in [6.45, 7) is 0.994. The van der Waals surface area contributed by atoms with Gasteiger partial charge in [0, 0.05) is 30.6 Å². The Bertz CT molecular complexity index is 1090. The number of aliphatic hydroxyl groups excluding tert-OH is 1. The van der Waals surface area contributed by atoms with Crippen LogP contribution in [0.5, 0.6) is 0 Å². The van der Waals surface area contributed by atoms with Gasteiger partial charge in [-0.15, -0.1) is 0 Å². The molecule has 0 fully saturated rings. The van der Waals surface area contributed by atoms with Crippen LogP contribution in [0.25, 0.3) is 22.4 Å². The van der Waals surface area contributed by atoms with Gasteiger partial charge >= 0.3 is 0 Å². The maximum atomic E-state index is 9.75. The molecule has 0 amide bonds. The second-order valence-corrected chi connectivity index (χ2v) is 7.10. The molecule has 0 aliphatic heterocycles. The zero-order valence-electron chi connectivity index (χ0n) is 14.9. The van der Waals surface area contributed by atoms with Crippen LogP contribution in [0.2, 0.25) is 0 Å². The van der Waals surface area contributed by atoms with Crippen LogP contribution in [0, 0.1) is 0 Å². The molecule has 2 atom stereocenters. The van der Waals surface area contributed by atoms with E-state index in [2.05, 4.69) is 43.8 Å². The lowest BCUT2D eigenvalue weighted by molar-refractivity contribution is 0.259. The van der Waals surface area contributed by atoms with Crippen molar-refractivity contribution in [2.75, 3.05) is 6.61 Å². The highest BCUT2D eigenvalue weighted by Crippen LogP contribution is 2.42. The van der Waals surface area contributed by atoms with Crippen LogP contribution in [0.4, 0.5) is 0 Å². The van der Waals surface area contributed by atoms with E-state index in [1.54, 1.807) is 6.33 Å². The molecule has 0 bridgehead atoms. The van der Waals surface area contributed by atoms with Gasteiger partial charge in [0.1, 0.15) is 17.5 Å². The van der Waals surface area contributed by atoms with Crippen LogP contribution in [0.3, 0.4) is 0 Å². The molecule has 1 aliphatic carbocycles. The quantitative estimate of drug-likeness (QED) is 0.605. The lowest BCUT2D eigenvalue weighted by Crippen LogP contribution is -2.07. The molecule has 5 heteroatoms. The summed E-state index contributed by atoms with van der Waals surface area (Å²) in [5, 5.41) is 9.75. The first-order valence-corrected chi connectivity index (χ1v) is 9.26. The van der Waals surface area contributed by atoms with E-state index < -0.39 is 0 Å². The first-order valence-electron chi connectivity index (χ1n) is 9.26. The second kappa shape index (κ2) is 6.59. The van der Waals surface area contributed by atoms with E-state index in [0.717, 1.165) is 35.4 Å². The average molecular weight is 356 g/mol. The fraction of sp³-hybridized carbons (Fsp3) is 0.227. The SMILES string of the molecule is OC[C@@H]1C[C@H](Cn2cnc3c(-c4ccccc4)ncnc32)c2ccccc21.